The molecule has 0 saturated carbocycles. The van der Waals surface area contributed by atoms with E-state index in [0.29, 0.717) is 5.82 Å². The number of aliphatic hydroxyl groups excluding tert-OH is 1. The molecule has 0 amide bonds. The van der Waals surface area contributed by atoms with Crippen molar-refractivity contribution in [2.45, 2.75) is 31.7 Å². The average molecular weight is 258 g/mol. The predicted octanol–water partition coefficient (Wildman–Crippen LogP) is 1.16. The molecule has 0 spiro atoms. The summed E-state index contributed by atoms with van der Waals surface area (Å²) in [6, 6.07) is 0.00398. The van der Waals surface area contributed by atoms with Gasteiger partial charge in [0.2, 0.25) is 0 Å². The van der Waals surface area contributed by atoms with E-state index in [4.69, 9.17) is 11.6 Å². The molecule has 1 aromatic rings. The van der Waals surface area contributed by atoms with Crippen LogP contribution in [0.1, 0.15) is 25.7 Å². The van der Waals surface area contributed by atoms with Gasteiger partial charge in [-0.3, -0.25) is 4.79 Å². The second kappa shape index (κ2) is 5.51. The molecular weight excluding hydrogens is 242 g/mol. The van der Waals surface area contributed by atoms with Gasteiger partial charge in [-0.05, 0) is 12.8 Å². The first-order valence-electron chi connectivity index (χ1n) is 5.84. The van der Waals surface area contributed by atoms with Crippen molar-refractivity contribution in [2.24, 2.45) is 0 Å². The summed E-state index contributed by atoms with van der Waals surface area (Å²) in [7, 11) is 0. The van der Waals surface area contributed by atoms with E-state index in [-0.39, 0.29) is 23.2 Å². The Hall–Kier alpha value is -1.07. The molecular formula is C11H16ClN3O2. The van der Waals surface area contributed by atoms with Crippen molar-refractivity contribution in [2.75, 3.05) is 18.1 Å². The Labute approximate surface area is 104 Å². The smallest absolute Gasteiger partial charge is 0.271 e. The molecule has 1 saturated heterocycles. The minimum absolute atomic E-state index is 0.00398. The summed E-state index contributed by atoms with van der Waals surface area (Å²) >= 11 is 5.97. The summed E-state index contributed by atoms with van der Waals surface area (Å²) in [5, 5.41) is 9.51. The fraction of sp³-hybridized carbons (Fsp3) is 0.636. The third-order valence-electron chi connectivity index (χ3n) is 3.14. The number of halogens is 1. The summed E-state index contributed by atoms with van der Waals surface area (Å²) in [5.41, 5.74) is -0.336. The van der Waals surface area contributed by atoms with Gasteiger partial charge in [0.05, 0.1) is 19.0 Å². The second-order valence-electron chi connectivity index (χ2n) is 4.25. The number of anilines is 1. The largest absolute Gasteiger partial charge is 0.394 e. The van der Waals surface area contributed by atoms with E-state index in [1.165, 1.54) is 6.33 Å². The molecule has 0 bridgehead atoms. The summed E-state index contributed by atoms with van der Waals surface area (Å²) in [5.74, 6) is 0.483. The zero-order valence-corrected chi connectivity index (χ0v) is 10.3. The summed E-state index contributed by atoms with van der Waals surface area (Å²) in [6.45, 7) is 0.839. The molecule has 1 atom stereocenters. The first kappa shape index (κ1) is 12.4. The molecule has 6 heteroatoms. The summed E-state index contributed by atoms with van der Waals surface area (Å²) < 4.78 is 0. The van der Waals surface area contributed by atoms with E-state index in [1.807, 2.05) is 4.90 Å². The monoisotopic (exact) mass is 257 g/mol. The maximum atomic E-state index is 11.4. The first-order chi connectivity index (χ1) is 8.24. The Bertz CT molecular complexity index is 435. The normalized spacial score (nSPS) is 21.3. The molecule has 1 fully saturated rings. The van der Waals surface area contributed by atoms with Crippen molar-refractivity contribution in [3.63, 3.8) is 0 Å². The maximum Gasteiger partial charge on any atom is 0.271 e. The number of aromatic amines is 1. The molecule has 1 aromatic heterocycles. The molecule has 94 valence electrons. The molecule has 17 heavy (non-hydrogen) atoms. The summed E-state index contributed by atoms with van der Waals surface area (Å²) in [4.78, 5) is 20.0. The van der Waals surface area contributed by atoms with Crippen molar-refractivity contribution in [3.8, 4) is 0 Å². The lowest BCUT2D eigenvalue weighted by Gasteiger charge is -2.29. The van der Waals surface area contributed by atoms with Gasteiger partial charge in [-0.15, -0.1) is 0 Å². The molecule has 2 heterocycles. The highest BCUT2D eigenvalue weighted by Crippen LogP contribution is 2.25. The van der Waals surface area contributed by atoms with Gasteiger partial charge in [0.1, 0.15) is 5.02 Å². The third kappa shape index (κ3) is 2.61. The molecule has 2 N–H and O–H groups in total. The van der Waals surface area contributed by atoms with Crippen LogP contribution in [0.5, 0.6) is 0 Å². The van der Waals surface area contributed by atoms with Gasteiger partial charge in [0.25, 0.3) is 5.56 Å². The van der Waals surface area contributed by atoms with Crippen molar-refractivity contribution in [3.05, 3.63) is 21.7 Å². The quantitative estimate of drug-likeness (QED) is 0.834. The molecule has 0 aromatic carbocycles. The van der Waals surface area contributed by atoms with E-state index < -0.39 is 0 Å². The Morgan fingerprint density at radius 1 is 1.53 bits per heavy atom. The minimum Gasteiger partial charge on any atom is -0.394 e. The fourth-order valence-corrected chi connectivity index (χ4v) is 2.43. The lowest BCUT2D eigenvalue weighted by atomic mass is 10.1. The van der Waals surface area contributed by atoms with Crippen LogP contribution >= 0.6 is 11.6 Å². The van der Waals surface area contributed by atoms with Crippen LogP contribution in [0.4, 0.5) is 5.82 Å². The van der Waals surface area contributed by atoms with E-state index >= 15 is 0 Å². The Morgan fingerprint density at radius 2 is 2.35 bits per heavy atom. The van der Waals surface area contributed by atoms with Crippen molar-refractivity contribution < 1.29 is 5.11 Å². The van der Waals surface area contributed by atoms with Gasteiger partial charge in [-0.25, -0.2) is 4.98 Å². The summed E-state index contributed by atoms with van der Waals surface area (Å²) in [6.07, 6.45) is 5.50. The lowest BCUT2D eigenvalue weighted by Crippen LogP contribution is -2.39. The Morgan fingerprint density at radius 3 is 3.12 bits per heavy atom. The third-order valence-corrected chi connectivity index (χ3v) is 3.48. The van der Waals surface area contributed by atoms with E-state index in [9.17, 15) is 9.90 Å². The van der Waals surface area contributed by atoms with Crippen LogP contribution in [0.3, 0.4) is 0 Å². The van der Waals surface area contributed by atoms with Gasteiger partial charge in [-0.2, -0.15) is 0 Å². The lowest BCUT2D eigenvalue weighted by molar-refractivity contribution is 0.254. The van der Waals surface area contributed by atoms with Crippen LogP contribution < -0.4 is 10.5 Å². The number of hydrogen-bond donors (Lipinski definition) is 2. The number of rotatable bonds is 2. The van der Waals surface area contributed by atoms with E-state index in [1.54, 1.807) is 0 Å². The molecule has 1 aliphatic heterocycles. The number of hydrogen-bond acceptors (Lipinski definition) is 4. The van der Waals surface area contributed by atoms with Crippen molar-refractivity contribution in [1.29, 1.82) is 0 Å². The predicted molar refractivity (Wildman–Crippen MR) is 66.6 cm³/mol. The SMILES string of the molecule is O=c1[nH]cnc(N2CCCCCC2CO)c1Cl. The number of nitrogens with zero attached hydrogens (tertiary/aromatic N) is 2. The van der Waals surface area contributed by atoms with Crippen LogP contribution in [-0.4, -0.2) is 34.3 Å². The fourth-order valence-electron chi connectivity index (χ4n) is 2.22. The topological polar surface area (TPSA) is 69.2 Å². The Kier molecular flexibility index (Phi) is 4.02. The van der Waals surface area contributed by atoms with Gasteiger partial charge in [-0.1, -0.05) is 24.4 Å². The molecule has 1 aliphatic rings. The molecule has 5 nitrogen and oxygen atoms in total. The standard InChI is InChI=1S/C11H16ClN3O2/c12-9-10(13-7-14-11(9)17)15-5-3-1-2-4-8(15)6-16/h7-8,16H,1-6H2,(H,13,14,17). The van der Waals surface area contributed by atoms with Crippen LogP contribution in [0.25, 0.3) is 0 Å². The van der Waals surface area contributed by atoms with Crippen LogP contribution in [0.15, 0.2) is 11.1 Å². The van der Waals surface area contributed by atoms with Crippen molar-refractivity contribution >= 4 is 17.4 Å². The first-order valence-corrected chi connectivity index (χ1v) is 6.22. The molecule has 1 unspecified atom stereocenters. The van der Waals surface area contributed by atoms with E-state index in [0.717, 1.165) is 32.2 Å². The van der Waals surface area contributed by atoms with Gasteiger partial charge in [0, 0.05) is 6.54 Å². The second-order valence-corrected chi connectivity index (χ2v) is 4.63. The van der Waals surface area contributed by atoms with Gasteiger partial charge in [0.15, 0.2) is 5.82 Å². The Balaban J connectivity index is 2.35. The van der Waals surface area contributed by atoms with E-state index in [2.05, 4.69) is 9.97 Å². The van der Waals surface area contributed by atoms with Crippen LogP contribution in [-0.2, 0) is 0 Å². The van der Waals surface area contributed by atoms with Crippen molar-refractivity contribution in [1.82, 2.24) is 9.97 Å². The maximum absolute atomic E-state index is 11.4. The highest BCUT2D eigenvalue weighted by molar-refractivity contribution is 6.32. The molecule has 0 radical (unpaired) electrons. The van der Waals surface area contributed by atoms with Gasteiger partial charge >= 0.3 is 0 Å². The van der Waals surface area contributed by atoms with Crippen LogP contribution in [0.2, 0.25) is 5.02 Å². The number of aromatic nitrogens is 2. The molecule has 2 rings (SSSR count). The van der Waals surface area contributed by atoms with Gasteiger partial charge < -0.3 is 15.0 Å². The van der Waals surface area contributed by atoms with Crippen LogP contribution in [0, 0.1) is 0 Å². The number of aliphatic hydroxyl groups is 1. The number of nitrogens with one attached hydrogen (secondary N) is 1. The molecule has 0 aliphatic carbocycles. The zero-order valence-electron chi connectivity index (χ0n) is 9.53. The number of H-pyrrole nitrogens is 1. The highest BCUT2D eigenvalue weighted by atomic mass is 35.5. The zero-order chi connectivity index (χ0) is 12.3. The minimum atomic E-state index is -0.336. The average Bonchev–Trinajstić information content (AvgIpc) is 2.57. The highest BCUT2D eigenvalue weighted by Gasteiger charge is 2.24.